The largest absolute Gasteiger partial charge is 0.454 e. The Labute approximate surface area is 110 Å². The molecule has 1 aromatic carbocycles. The number of halogens is 1. The van der Waals surface area contributed by atoms with Crippen molar-refractivity contribution in [1.29, 1.82) is 0 Å². The lowest BCUT2D eigenvalue weighted by Crippen LogP contribution is -2.03. The Morgan fingerprint density at radius 2 is 1.95 bits per heavy atom. The highest BCUT2D eigenvalue weighted by molar-refractivity contribution is 5.32. The van der Waals surface area contributed by atoms with Crippen LogP contribution in [0.2, 0.25) is 0 Å². The molecule has 100 valence electrons. The van der Waals surface area contributed by atoms with E-state index in [1.165, 1.54) is 30.5 Å². The number of nitrogens with zero attached hydrogens (tertiary/aromatic N) is 2. The summed E-state index contributed by atoms with van der Waals surface area (Å²) in [5, 5.41) is 9.32. The summed E-state index contributed by atoms with van der Waals surface area (Å²) in [6.45, 7) is 3.70. The summed E-state index contributed by atoms with van der Waals surface area (Å²) in [4.78, 5) is 8.42. The minimum absolute atomic E-state index is 0.171. The molecule has 19 heavy (non-hydrogen) atoms. The maximum absolute atomic E-state index is 12.8. The summed E-state index contributed by atoms with van der Waals surface area (Å²) in [5.41, 5.74) is 0.419. The van der Waals surface area contributed by atoms with Crippen LogP contribution in [0.15, 0.2) is 30.5 Å². The molecular weight excluding hydrogens is 247 g/mol. The molecule has 0 bridgehead atoms. The highest BCUT2D eigenvalue weighted by Gasteiger charge is 2.11. The van der Waals surface area contributed by atoms with Gasteiger partial charge in [-0.3, -0.25) is 0 Å². The number of ether oxygens (including phenoxy) is 1. The Morgan fingerprint density at radius 3 is 2.53 bits per heavy atom. The molecule has 1 aromatic heterocycles. The second kappa shape index (κ2) is 5.75. The van der Waals surface area contributed by atoms with E-state index in [-0.39, 0.29) is 18.3 Å². The van der Waals surface area contributed by atoms with Crippen molar-refractivity contribution in [2.45, 2.75) is 26.4 Å². The first-order valence-electron chi connectivity index (χ1n) is 6.00. The first-order chi connectivity index (χ1) is 9.10. The van der Waals surface area contributed by atoms with E-state index in [9.17, 15) is 9.50 Å². The van der Waals surface area contributed by atoms with Crippen LogP contribution in [0.1, 0.15) is 31.3 Å². The molecule has 2 rings (SSSR count). The van der Waals surface area contributed by atoms with Crippen LogP contribution in [0.4, 0.5) is 4.39 Å². The zero-order valence-electron chi connectivity index (χ0n) is 10.8. The topological polar surface area (TPSA) is 55.2 Å². The van der Waals surface area contributed by atoms with Crippen LogP contribution in [-0.2, 0) is 6.61 Å². The monoisotopic (exact) mass is 262 g/mol. The maximum Gasteiger partial charge on any atom is 0.169 e. The van der Waals surface area contributed by atoms with Gasteiger partial charge >= 0.3 is 0 Å². The average molecular weight is 262 g/mol. The number of aromatic nitrogens is 2. The molecule has 0 amide bonds. The predicted octanol–water partition coefficient (Wildman–Crippen LogP) is 3.02. The van der Waals surface area contributed by atoms with Crippen molar-refractivity contribution in [2.24, 2.45) is 0 Å². The molecule has 1 N–H and O–H groups in total. The van der Waals surface area contributed by atoms with Crippen molar-refractivity contribution in [3.8, 4) is 11.5 Å². The van der Waals surface area contributed by atoms with Gasteiger partial charge in [0.25, 0.3) is 0 Å². The van der Waals surface area contributed by atoms with Crippen LogP contribution in [0.25, 0.3) is 0 Å². The fraction of sp³-hybridized carbons (Fsp3) is 0.286. The van der Waals surface area contributed by atoms with Crippen LogP contribution in [-0.4, -0.2) is 15.1 Å². The van der Waals surface area contributed by atoms with E-state index in [0.717, 1.165) is 0 Å². The normalized spacial score (nSPS) is 10.8. The molecule has 5 heteroatoms. The highest BCUT2D eigenvalue weighted by atomic mass is 19.1. The molecule has 0 fully saturated rings. The lowest BCUT2D eigenvalue weighted by Gasteiger charge is -2.11. The SMILES string of the molecule is CC(C)c1ncc(Oc2ccc(F)cc2)c(CO)n1. The van der Waals surface area contributed by atoms with Crippen molar-refractivity contribution >= 4 is 0 Å². The van der Waals surface area contributed by atoms with Gasteiger partial charge in [0, 0.05) is 5.92 Å². The van der Waals surface area contributed by atoms with Gasteiger partial charge in [-0.05, 0) is 24.3 Å². The van der Waals surface area contributed by atoms with Gasteiger partial charge in [0.2, 0.25) is 0 Å². The molecule has 0 saturated heterocycles. The molecular formula is C14H15FN2O2. The molecule has 0 aliphatic carbocycles. The van der Waals surface area contributed by atoms with Crippen molar-refractivity contribution < 1.29 is 14.2 Å². The summed E-state index contributed by atoms with van der Waals surface area (Å²) in [5.74, 6) is 1.33. The fourth-order valence-corrected chi connectivity index (χ4v) is 1.53. The number of hydrogen-bond donors (Lipinski definition) is 1. The molecule has 0 saturated carbocycles. The molecule has 0 radical (unpaired) electrons. The van der Waals surface area contributed by atoms with Crippen LogP contribution in [0.5, 0.6) is 11.5 Å². The van der Waals surface area contributed by atoms with Gasteiger partial charge in [0.15, 0.2) is 5.75 Å². The van der Waals surface area contributed by atoms with Crippen LogP contribution < -0.4 is 4.74 Å². The van der Waals surface area contributed by atoms with Crippen LogP contribution in [0, 0.1) is 5.82 Å². The van der Waals surface area contributed by atoms with E-state index in [1.54, 1.807) is 0 Å². The first-order valence-corrected chi connectivity index (χ1v) is 6.00. The first kappa shape index (κ1) is 13.4. The maximum atomic E-state index is 12.8. The minimum Gasteiger partial charge on any atom is -0.454 e. The molecule has 4 nitrogen and oxygen atoms in total. The Balaban J connectivity index is 2.27. The zero-order valence-corrected chi connectivity index (χ0v) is 10.8. The second-order valence-corrected chi connectivity index (χ2v) is 4.41. The lowest BCUT2D eigenvalue weighted by atomic mass is 10.2. The number of aliphatic hydroxyl groups excluding tert-OH is 1. The number of hydrogen-bond acceptors (Lipinski definition) is 4. The molecule has 0 aliphatic heterocycles. The van der Waals surface area contributed by atoms with Crippen molar-refractivity contribution in [3.63, 3.8) is 0 Å². The highest BCUT2D eigenvalue weighted by Crippen LogP contribution is 2.25. The minimum atomic E-state index is -0.332. The van der Waals surface area contributed by atoms with Gasteiger partial charge < -0.3 is 9.84 Å². The summed E-state index contributed by atoms with van der Waals surface area (Å²) in [6, 6.07) is 5.62. The van der Waals surface area contributed by atoms with E-state index < -0.39 is 0 Å². The quantitative estimate of drug-likeness (QED) is 0.920. The van der Waals surface area contributed by atoms with Crippen molar-refractivity contribution in [3.05, 3.63) is 47.8 Å². The number of rotatable bonds is 4. The van der Waals surface area contributed by atoms with Crippen LogP contribution >= 0.6 is 0 Å². The average Bonchev–Trinajstić information content (AvgIpc) is 2.41. The zero-order chi connectivity index (χ0) is 13.8. The molecule has 0 unspecified atom stereocenters. The summed E-state index contributed by atoms with van der Waals surface area (Å²) >= 11 is 0. The van der Waals surface area contributed by atoms with Gasteiger partial charge in [-0.15, -0.1) is 0 Å². The van der Waals surface area contributed by atoms with Gasteiger partial charge in [-0.2, -0.15) is 0 Å². The Morgan fingerprint density at radius 1 is 1.26 bits per heavy atom. The Hall–Kier alpha value is -2.01. The number of aliphatic hydroxyl groups is 1. The third-order valence-corrected chi connectivity index (χ3v) is 2.56. The van der Waals surface area contributed by atoms with Crippen molar-refractivity contribution in [1.82, 2.24) is 9.97 Å². The van der Waals surface area contributed by atoms with Gasteiger partial charge in [0.1, 0.15) is 23.1 Å². The summed E-state index contributed by atoms with van der Waals surface area (Å²) in [7, 11) is 0. The Kier molecular flexibility index (Phi) is 4.06. The van der Waals surface area contributed by atoms with Gasteiger partial charge in [-0.1, -0.05) is 13.8 Å². The summed E-state index contributed by atoms with van der Waals surface area (Å²) in [6.07, 6.45) is 1.53. The standard InChI is InChI=1S/C14H15FN2O2/c1-9(2)14-16-7-13(12(8-18)17-14)19-11-5-3-10(15)4-6-11/h3-7,9,18H,8H2,1-2H3. The molecule has 0 spiro atoms. The molecule has 2 aromatic rings. The molecule has 1 heterocycles. The fourth-order valence-electron chi connectivity index (χ4n) is 1.53. The van der Waals surface area contributed by atoms with Gasteiger partial charge in [-0.25, -0.2) is 14.4 Å². The predicted molar refractivity (Wildman–Crippen MR) is 68.5 cm³/mol. The van der Waals surface area contributed by atoms with E-state index in [2.05, 4.69) is 9.97 Å². The molecule has 0 aliphatic rings. The van der Waals surface area contributed by atoms with Gasteiger partial charge in [0.05, 0.1) is 12.8 Å². The van der Waals surface area contributed by atoms with E-state index in [4.69, 9.17) is 4.74 Å². The van der Waals surface area contributed by atoms with Crippen LogP contribution in [0.3, 0.4) is 0 Å². The third-order valence-electron chi connectivity index (χ3n) is 2.56. The summed E-state index contributed by atoms with van der Waals surface area (Å²) < 4.78 is 18.3. The van der Waals surface area contributed by atoms with E-state index in [1.807, 2.05) is 13.8 Å². The Bertz CT molecular complexity index is 556. The molecule has 0 atom stereocenters. The van der Waals surface area contributed by atoms with E-state index in [0.29, 0.717) is 23.0 Å². The smallest absolute Gasteiger partial charge is 0.169 e. The number of benzene rings is 1. The van der Waals surface area contributed by atoms with E-state index >= 15 is 0 Å². The second-order valence-electron chi connectivity index (χ2n) is 4.41. The lowest BCUT2D eigenvalue weighted by molar-refractivity contribution is 0.269. The third kappa shape index (κ3) is 3.26. The van der Waals surface area contributed by atoms with Crippen molar-refractivity contribution in [2.75, 3.05) is 0 Å².